The van der Waals surface area contributed by atoms with Gasteiger partial charge in [-0.2, -0.15) is 0 Å². The zero-order chi connectivity index (χ0) is 12.6. The van der Waals surface area contributed by atoms with Crippen molar-refractivity contribution in [3.8, 4) is 0 Å². The van der Waals surface area contributed by atoms with E-state index >= 15 is 0 Å². The molecule has 1 fully saturated rings. The van der Waals surface area contributed by atoms with Gasteiger partial charge in [0.05, 0.1) is 9.85 Å². The molecule has 87 valence electrons. The van der Waals surface area contributed by atoms with Crippen molar-refractivity contribution >= 4 is 38.7 Å². The molecule has 1 aliphatic rings. The largest absolute Gasteiger partial charge is 0.356 e. The SMILES string of the molecule is O=C([C]1SS1)c1cccc([N+](=O)[O-])c1[N+](=O)[O-]. The highest BCUT2D eigenvalue weighted by atomic mass is 33.2. The predicted molar refractivity (Wildman–Crippen MR) is 62.5 cm³/mol. The molecule has 1 aromatic carbocycles. The summed E-state index contributed by atoms with van der Waals surface area (Å²) in [6.45, 7) is 0. The van der Waals surface area contributed by atoms with Gasteiger partial charge in [0.15, 0.2) is 4.58 Å². The Bertz CT molecular complexity index is 529. The maximum atomic E-state index is 11.7. The highest BCUT2D eigenvalue weighted by molar-refractivity contribution is 8.96. The van der Waals surface area contributed by atoms with Crippen molar-refractivity contribution in [2.24, 2.45) is 0 Å². The van der Waals surface area contributed by atoms with E-state index in [4.69, 9.17) is 0 Å². The molecule has 0 spiro atoms. The van der Waals surface area contributed by atoms with Crippen LogP contribution in [0.25, 0.3) is 0 Å². The standard InChI is InChI=1S/C8H3N2O5S2/c11-7(8-16-17-8)4-2-1-3-5(9(12)13)6(4)10(14)15/h1-3H. The van der Waals surface area contributed by atoms with E-state index in [0.29, 0.717) is 4.58 Å². The summed E-state index contributed by atoms with van der Waals surface area (Å²) in [7, 11) is 2.39. The van der Waals surface area contributed by atoms with Crippen LogP contribution in [0, 0.1) is 24.8 Å². The summed E-state index contributed by atoms with van der Waals surface area (Å²) in [5.74, 6) is -0.532. The number of ketones is 1. The van der Waals surface area contributed by atoms with Crippen LogP contribution in [0.3, 0.4) is 0 Å². The van der Waals surface area contributed by atoms with Crippen molar-refractivity contribution in [1.82, 2.24) is 0 Å². The molecule has 1 saturated heterocycles. The van der Waals surface area contributed by atoms with Crippen molar-refractivity contribution in [3.05, 3.63) is 48.6 Å². The van der Waals surface area contributed by atoms with Gasteiger partial charge >= 0.3 is 11.4 Å². The minimum atomic E-state index is -0.899. The van der Waals surface area contributed by atoms with Gasteiger partial charge in [0.2, 0.25) is 5.78 Å². The summed E-state index contributed by atoms with van der Waals surface area (Å²) >= 11 is 0. The number of carbonyl (C=O) groups is 1. The van der Waals surface area contributed by atoms with Gasteiger partial charge in [0, 0.05) is 6.07 Å². The molecule has 0 N–H and O–H groups in total. The summed E-state index contributed by atoms with van der Waals surface area (Å²) in [6, 6.07) is 3.49. The van der Waals surface area contributed by atoms with E-state index in [0.717, 1.165) is 6.07 Å². The third-order valence-electron chi connectivity index (χ3n) is 1.99. The first-order valence-electron chi connectivity index (χ1n) is 4.20. The Hall–Kier alpha value is -1.61. The molecular formula is C8H3N2O5S2. The minimum absolute atomic E-state index is 0.239. The molecule has 0 atom stereocenters. The Labute approximate surface area is 102 Å². The van der Waals surface area contributed by atoms with Crippen LogP contribution < -0.4 is 0 Å². The number of hydrogen-bond donors (Lipinski definition) is 0. The summed E-state index contributed by atoms with van der Waals surface area (Å²) in [4.78, 5) is 31.4. The molecule has 0 saturated carbocycles. The first-order valence-corrected chi connectivity index (χ1v) is 6.35. The van der Waals surface area contributed by atoms with Crippen LogP contribution in [0.2, 0.25) is 0 Å². The van der Waals surface area contributed by atoms with Gasteiger partial charge in [-0.25, -0.2) is 0 Å². The number of hydrogen-bond acceptors (Lipinski definition) is 7. The second kappa shape index (κ2) is 4.34. The lowest BCUT2D eigenvalue weighted by molar-refractivity contribution is -0.422. The van der Waals surface area contributed by atoms with Crippen molar-refractivity contribution in [1.29, 1.82) is 0 Å². The Morgan fingerprint density at radius 3 is 2.24 bits per heavy atom. The lowest BCUT2D eigenvalue weighted by atomic mass is 10.1. The molecule has 0 unspecified atom stereocenters. The minimum Gasteiger partial charge on any atom is -0.291 e. The van der Waals surface area contributed by atoms with Crippen LogP contribution in [-0.2, 0) is 0 Å². The topological polar surface area (TPSA) is 103 Å². The maximum absolute atomic E-state index is 11.7. The zero-order valence-corrected chi connectivity index (χ0v) is 9.62. The number of carbonyl (C=O) groups excluding carboxylic acids is 1. The van der Waals surface area contributed by atoms with Crippen LogP contribution >= 0.6 is 21.6 Å². The Morgan fingerprint density at radius 1 is 1.12 bits per heavy atom. The third kappa shape index (κ3) is 2.24. The fourth-order valence-electron chi connectivity index (χ4n) is 1.26. The van der Waals surface area contributed by atoms with Crippen molar-refractivity contribution in [2.45, 2.75) is 0 Å². The van der Waals surface area contributed by atoms with Crippen molar-refractivity contribution in [3.63, 3.8) is 0 Å². The molecule has 0 amide bonds. The molecule has 9 heteroatoms. The Balaban J connectivity index is 2.57. The summed E-state index contributed by atoms with van der Waals surface area (Å²) in [5.41, 5.74) is -1.66. The highest BCUT2D eigenvalue weighted by Gasteiger charge is 2.41. The smallest absolute Gasteiger partial charge is 0.291 e. The second-order valence-corrected chi connectivity index (χ2v) is 5.38. The van der Waals surface area contributed by atoms with Gasteiger partial charge in [0.1, 0.15) is 5.56 Å². The van der Waals surface area contributed by atoms with E-state index in [1.54, 1.807) is 0 Å². The number of nitro benzene ring substituents is 2. The van der Waals surface area contributed by atoms with E-state index in [2.05, 4.69) is 0 Å². The fraction of sp³-hybridized carbons (Fsp3) is 0. The van der Waals surface area contributed by atoms with E-state index in [-0.39, 0.29) is 5.56 Å². The predicted octanol–water partition coefficient (Wildman–Crippen LogP) is 2.57. The molecule has 17 heavy (non-hydrogen) atoms. The molecule has 1 aliphatic heterocycles. The number of para-hydroxylation sites is 1. The molecule has 1 aromatic rings. The quantitative estimate of drug-likeness (QED) is 0.272. The van der Waals surface area contributed by atoms with Gasteiger partial charge in [0.25, 0.3) is 0 Å². The van der Waals surface area contributed by atoms with Gasteiger partial charge in [-0.3, -0.25) is 25.0 Å². The van der Waals surface area contributed by atoms with Crippen LogP contribution in [0.1, 0.15) is 10.4 Å². The van der Waals surface area contributed by atoms with E-state index < -0.39 is 27.0 Å². The molecule has 0 aliphatic carbocycles. The molecule has 0 bridgehead atoms. The number of rotatable bonds is 4. The zero-order valence-electron chi connectivity index (χ0n) is 7.98. The highest BCUT2D eigenvalue weighted by Crippen LogP contribution is 2.62. The number of nitro groups is 2. The van der Waals surface area contributed by atoms with Crippen LogP contribution in [0.15, 0.2) is 18.2 Å². The molecular weight excluding hydrogens is 268 g/mol. The molecule has 1 radical (unpaired) electrons. The summed E-state index contributed by atoms with van der Waals surface area (Å²) in [5, 5.41) is 21.5. The van der Waals surface area contributed by atoms with Crippen LogP contribution in [-0.4, -0.2) is 15.6 Å². The lowest BCUT2D eigenvalue weighted by Crippen LogP contribution is -2.06. The summed E-state index contributed by atoms with van der Waals surface area (Å²) in [6.07, 6.45) is 0. The monoisotopic (exact) mass is 271 g/mol. The van der Waals surface area contributed by atoms with Crippen molar-refractivity contribution < 1.29 is 14.6 Å². The number of benzene rings is 1. The average molecular weight is 271 g/mol. The molecule has 7 nitrogen and oxygen atoms in total. The molecule has 0 aromatic heterocycles. The van der Waals surface area contributed by atoms with E-state index in [1.165, 1.54) is 33.7 Å². The van der Waals surface area contributed by atoms with Gasteiger partial charge < -0.3 is 0 Å². The number of nitrogens with zero attached hydrogens (tertiary/aromatic N) is 2. The molecule has 2 rings (SSSR count). The van der Waals surface area contributed by atoms with Gasteiger partial charge in [-0.15, -0.1) is 0 Å². The van der Waals surface area contributed by atoms with Gasteiger partial charge in [-0.05, 0) is 6.07 Å². The average Bonchev–Trinajstić information content (AvgIpc) is 3.10. The number of Topliss-reactive ketones (excluding diaryl/α,β-unsaturated/α-hetero) is 1. The van der Waals surface area contributed by atoms with Crippen LogP contribution in [0.5, 0.6) is 0 Å². The van der Waals surface area contributed by atoms with E-state index in [9.17, 15) is 25.0 Å². The van der Waals surface area contributed by atoms with Crippen LogP contribution in [0.4, 0.5) is 11.4 Å². The Morgan fingerprint density at radius 2 is 1.76 bits per heavy atom. The first kappa shape index (κ1) is 11.9. The summed E-state index contributed by atoms with van der Waals surface area (Å²) < 4.78 is 0.411. The van der Waals surface area contributed by atoms with Crippen molar-refractivity contribution in [2.75, 3.05) is 0 Å². The molecule has 1 heterocycles. The first-order chi connectivity index (χ1) is 8.02. The fourth-order valence-corrected chi connectivity index (χ4v) is 2.25. The second-order valence-electron chi connectivity index (χ2n) is 2.97. The van der Waals surface area contributed by atoms with E-state index in [1.807, 2.05) is 0 Å². The van der Waals surface area contributed by atoms with Gasteiger partial charge in [-0.1, -0.05) is 27.7 Å². The Kier molecular flexibility index (Phi) is 3.03. The maximum Gasteiger partial charge on any atom is 0.356 e. The lowest BCUT2D eigenvalue weighted by Gasteiger charge is -2.00. The normalized spacial score (nSPS) is 14.4. The third-order valence-corrected chi connectivity index (χ3v) is 3.69.